The van der Waals surface area contributed by atoms with Gasteiger partial charge in [-0.05, 0) is 43.5 Å². The fraction of sp³-hybridized carbons (Fsp3) is 0.378. The monoisotopic (exact) mass is 713 g/mol. The van der Waals surface area contributed by atoms with Crippen molar-refractivity contribution in [2.75, 3.05) is 13.7 Å². The van der Waals surface area contributed by atoms with Crippen LogP contribution in [-0.4, -0.2) is 91.3 Å². The van der Waals surface area contributed by atoms with Gasteiger partial charge in [-0.3, -0.25) is 4.79 Å². The largest absolute Gasteiger partial charge is 0.389 e. The minimum atomic E-state index is -1.16. The van der Waals surface area contributed by atoms with E-state index in [-0.39, 0.29) is 6.61 Å². The number of amides is 1. The van der Waals surface area contributed by atoms with E-state index in [4.69, 9.17) is 18.9 Å². The van der Waals surface area contributed by atoms with E-state index < -0.39 is 72.5 Å². The molecule has 2 saturated heterocycles. The third-order valence-electron chi connectivity index (χ3n) is 10.0. The Morgan fingerprint density at radius 3 is 2.23 bits per heavy atom. The van der Waals surface area contributed by atoms with Crippen LogP contribution in [0.5, 0.6) is 0 Å². The molecular weight excluding hydrogens is 676 g/mol. The molecular formula is C37H37F2N7O6. The van der Waals surface area contributed by atoms with E-state index in [0.29, 0.717) is 41.8 Å². The van der Waals surface area contributed by atoms with Crippen molar-refractivity contribution < 1.29 is 37.6 Å². The zero-order chi connectivity index (χ0) is 35.8. The Morgan fingerprint density at radius 1 is 0.885 bits per heavy atom. The molecule has 1 amide bonds. The number of hydrogen-bond acceptors (Lipinski definition) is 10. The molecule has 270 valence electrons. The highest BCUT2D eigenvalue weighted by molar-refractivity contribution is 5.82. The number of halogens is 2. The lowest BCUT2D eigenvalue weighted by Crippen LogP contribution is -2.64. The molecule has 0 bridgehead atoms. The lowest BCUT2D eigenvalue weighted by atomic mass is 9.87. The number of methoxy groups -OCH3 is 1. The second-order valence-corrected chi connectivity index (χ2v) is 13.3. The van der Waals surface area contributed by atoms with Crippen LogP contribution in [-0.2, 0) is 23.7 Å². The Kier molecular flexibility index (Phi) is 9.59. The second kappa shape index (κ2) is 14.6. The highest BCUT2D eigenvalue weighted by atomic mass is 19.1. The summed E-state index contributed by atoms with van der Waals surface area (Å²) in [6, 6.07) is 19.7. The van der Waals surface area contributed by atoms with Gasteiger partial charge in [-0.2, -0.15) is 0 Å². The fourth-order valence-electron chi connectivity index (χ4n) is 7.44. The van der Waals surface area contributed by atoms with Crippen LogP contribution in [0, 0.1) is 11.6 Å². The first-order valence-corrected chi connectivity index (χ1v) is 17.2. The number of hydrogen-bond donors (Lipinski definition) is 2. The topological polar surface area (TPSA) is 148 Å². The molecule has 2 aliphatic heterocycles. The van der Waals surface area contributed by atoms with Crippen LogP contribution in [0.4, 0.5) is 8.78 Å². The Morgan fingerprint density at radius 2 is 1.56 bits per heavy atom. The Hall–Kier alpha value is -4.93. The minimum Gasteiger partial charge on any atom is -0.389 e. The summed E-state index contributed by atoms with van der Waals surface area (Å²) in [5, 5.41) is 31.7. The predicted molar refractivity (Wildman–Crippen MR) is 180 cm³/mol. The summed E-state index contributed by atoms with van der Waals surface area (Å²) in [7, 11) is 1.48. The molecule has 3 fully saturated rings. The molecule has 52 heavy (non-hydrogen) atoms. The molecule has 2 N–H and O–H groups in total. The number of nitrogens with one attached hydrogen (secondary N) is 1. The average Bonchev–Trinajstić information content (AvgIpc) is 3.86. The molecule has 15 heteroatoms. The van der Waals surface area contributed by atoms with E-state index >= 15 is 0 Å². The highest BCUT2D eigenvalue weighted by Crippen LogP contribution is 2.41. The zero-order valence-corrected chi connectivity index (χ0v) is 28.1. The predicted octanol–water partition coefficient (Wildman–Crippen LogP) is 4.19. The number of rotatable bonds is 8. The standard InChI is InChI=1S/C37H37F2N7O6/c1-49-34-31(46-19-28(42-44-46)23-11-6-13-25(39)17-23)33-30(20-50-37(52-33)21-8-3-2-4-9-21)51-35(34)36(48)40-26-14-7-15-29(32(26)47)45-18-27(41-43-45)22-10-5-12-24(38)16-22/h2-6,8-13,16-19,26,29-35,37,47H,7,14-15,20H2,1H3,(H,40,48)/t26-,29+,30-,31+,32+,33+,34-,35-,37?/m1/s1. The first-order valence-electron chi connectivity index (χ1n) is 17.2. The number of fused-ring (bicyclic) bond motifs is 1. The van der Waals surface area contributed by atoms with Crippen molar-refractivity contribution in [1.82, 2.24) is 35.3 Å². The molecule has 2 aromatic heterocycles. The quantitative estimate of drug-likeness (QED) is 0.240. The van der Waals surface area contributed by atoms with Crippen molar-refractivity contribution in [2.24, 2.45) is 0 Å². The molecule has 8 rings (SSSR count). The van der Waals surface area contributed by atoms with Crippen molar-refractivity contribution in [3.8, 4) is 22.5 Å². The average molecular weight is 714 g/mol. The Bertz CT molecular complexity index is 2010. The highest BCUT2D eigenvalue weighted by Gasteiger charge is 2.54. The van der Waals surface area contributed by atoms with Crippen LogP contribution in [0.25, 0.3) is 22.5 Å². The maximum atomic E-state index is 14.2. The third-order valence-corrected chi connectivity index (χ3v) is 10.0. The number of carbonyl (C=O) groups is 1. The molecule has 4 heterocycles. The van der Waals surface area contributed by atoms with E-state index in [1.165, 1.54) is 31.4 Å². The van der Waals surface area contributed by atoms with Gasteiger partial charge in [-0.15, -0.1) is 10.2 Å². The van der Waals surface area contributed by atoms with E-state index in [0.717, 1.165) is 5.56 Å². The molecule has 0 spiro atoms. The fourth-order valence-corrected chi connectivity index (χ4v) is 7.44. The van der Waals surface area contributed by atoms with Crippen LogP contribution in [0.15, 0.2) is 91.3 Å². The number of aliphatic hydroxyl groups is 1. The van der Waals surface area contributed by atoms with Crippen LogP contribution in [0.3, 0.4) is 0 Å². The summed E-state index contributed by atoms with van der Waals surface area (Å²) in [5.74, 6) is -1.29. The number of benzene rings is 3. The van der Waals surface area contributed by atoms with Crippen LogP contribution in [0.2, 0.25) is 0 Å². The molecule has 1 aliphatic carbocycles. The summed E-state index contributed by atoms with van der Waals surface area (Å²) in [6.45, 7) is 0.112. The van der Waals surface area contributed by atoms with Crippen LogP contribution in [0.1, 0.15) is 43.2 Å². The third kappa shape index (κ3) is 6.73. The summed E-state index contributed by atoms with van der Waals surface area (Å²) in [6.07, 6.45) is -0.0264. The molecule has 3 aliphatic rings. The van der Waals surface area contributed by atoms with E-state index in [2.05, 4.69) is 25.9 Å². The van der Waals surface area contributed by atoms with Crippen molar-refractivity contribution in [1.29, 1.82) is 0 Å². The van der Waals surface area contributed by atoms with E-state index in [1.54, 1.807) is 46.0 Å². The first-order chi connectivity index (χ1) is 25.4. The summed E-state index contributed by atoms with van der Waals surface area (Å²) in [4.78, 5) is 14.2. The molecule has 3 aromatic carbocycles. The number of carbonyl (C=O) groups excluding carboxylic acids is 1. The molecule has 1 saturated carbocycles. The van der Waals surface area contributed by atoms with Crippen molar-refractivity contribution in [3.63, 3.8) is 0 Å². The van der Waals surface area contributed by atoms with Crippen molar-refractivity contribution in [2.45, 2.75) is 74.2 Å². The molecule has 5 aromatic rings. The maximum absolute atomic E-state index is 14.2. The number of aromatic nitrogens is 6. The molecule has 13 nitrogen and oxygen atoms in total. The lowest BCUT2D eigenvalue weighted by Gasteiger charge is -2.48. The number of aliphatic hydroxyl groups excluding tert-OH is 1. The zero-order valence-electron chi connectivity index (χ0n) is 28.1. The van der Waals surface area contributed by atoms with Gasteiger partial charge in [0, 0.05) is 23.8 Å². The van der Waals surface area contributed by atoms with Gasteiger partial charge in [0.1, 0.15) is 47.4 Å². The SMILES string of the molecule is CO[C@@H]1[C@@H](n2cc(-c3cccc(F)c3)nn2)[C@H]2OC(c3ccccc3)OC[C@H]2O[C@H]1C(=O)N[C@@H]1CCC[C@H](n2cc(-c3cccc(F)c3)nn2)[C@H]1O. The molecule has 9 atom stereocenters. The van der Waals surface area contributed by atoms with Crippen molar-refractivity contribution in [3.05, 3.63) is 108 Å². The first kappa shape index (κ1) is 34.2. The van der Waals surface area contributed by atoms with Crippen molar-refractivity contribution >= 4 is 5.91 Å². The number of ether oxygens (including phenoxy) is 4. The van der Waals surface area contributed by atoms with Gasteiger partial charge < -0.3 is 29.4 Å². The maximum Gasteiger partial charge on any atom is 0.252 e. The van der Waals surface area contributed by atoms with Gasteiger partial charge in [-0.1, -0.05) is 65.0 Å². The Balaban J connectivity index is 1.05. The van der Waals surface area contributed by atoms with Gasteiger partial charge in [-0.25, -0.2) is 18.1 Å². The lowest BCUT2D eigenvalue weighted by molar-refractivity contribution is -0.314. The van der Waals surface area contributed by atoms with Gasteiger partial charge in [0.15, 0.2) is 12.4 Å². The van der Waals surface area contributed by atoms with Crippen LogP contribution >= 0.6 is 0 Å². The normalized spacial score (nSPS) is 29.0. The number of nitrogens with zero attached hydrogens (tertiary/aromatic N) is 6. The van der Waals surface area contributed by atoms with Crippen LogP contribution < -0.4 is 5.32 Å². The summed E-state index contributed by atoms with van der Waals surface area (Å²) in [5.41, 5.74) is 2.80. The molecule has 0 radical (unpaired) electrons. The van der Waals surface area contributed by atoms with Gasteiger partial charge in [0.2, 0.25) is 0 Å². The smallest absolute Gasteiger partial charge is 0.252 e. The van der Waals surface area contributed by atoms with Gasteiger partial charge >= 0.3 is 0 Å². The summed E-state index contributed by atoms with van der Waals surface area (Å²) < 4.78 is 56.1. The minimum absolute atomic E-state index is 0.112. The van der Waals surface area contributed by atoms with Gasteiger partial charge in [0.25, 0.3) is 5.91 Å². The second-order valence-electron chi connectivity index (χ2n) is 13.3. The molecule has 1 unspecified atom stereocenters. The Labute approximate surface area is 297 Å². The van der Waals surface area contributed by atoms with E-state index in [1.807, 2.05) is 30.3 Å². The van der Waals surface area contributed by atoms with Gasteiger partial charge in [0.05, 0.1) is 37.2 Å². The van der Waals surface area contributed by atoms with E-state index in [9.17, 15) is 18.7 Å². The summed E-state index contributed by atoms with van der Waals surface area (Å²) >= 11 is 0.